The maximum Gasteiger partial charge on any atom is 0.257 e. The zero-order valence-corrected chi connectivity index (χ0v) is 18.5. The molecule has 0 saturated carbocycles. The molecule has 1 aromatic carbocycles. The molecule has 9 nitrogen and oxygen atoms in total. The van der Waals surface area contributed by atoms with E-state index >= 15 is 0 Å². The predicted octanol–water partition coefficient (Wildman–Crippen LogP) is 3.44. The van der Waals surface area contributed by atoms with Gasteiger partial charge < -0.3 is 16.4 Å². The first-order valence-electron chi connectivity index (χ1n) is 10.4. The first kappa shape index (κ1) is 22.6. The Balaban J connectivity index is 1.73. The molecule has 4 N–H and O–H groups in total. The summed E-state index contributed by atoms with van der Waals surface area (Å²) in [6.45, 7) is 6.88. The first-order valence-corrected chi connectivity index (χ1v) is 10.4. The average molecular weight is 459 g/mol. The van der Waals surface area contributed by atoms with Gasteiger partial charge in [0.25, 0.3) is 5.91 Å². The molecule has 172 valence electrons. The van der Waals surface area contributed by atoms with Crippen LogP contribution in [0.5, 0.6) is 0 Å². The molecule has 34 heavy (non-hydrogen) atoms. The Morgan fingerprint density at radius 1 is 1.26 bits per heavy atom. The van der Waals surface area contributed by atoms with Crippen molar-refractivity contribution in [1.82, 2.24) is 24.7 Å². The van der Waals surface area contributed by atoms with E-state index in [4.69, 9.17) is 5.73 Å². The predicted molar refractivity (Wildman–Crippen MR) is 126 cm³/mol. The quantitative estimate of drug-likeness (QED) is 0.379. The van der Waals surface area contributed by atoms with Crippen molar-refractivity contribution in [2.75, 3.05) is 11.1 Å². The Morgan fingerprint density at radius 3 is 2.79 bits per heavy atom. The molecule has 0 aliphatic heterocycles. The number of aryl methyl sites for hydroxylation is 1. The number of hydrogen-bond donors (Lipinski definition) is 3. The SMILES string of the molecule is C=CC(=O)N[C@@H](C)c1nc(-c2cncc(C(=O)Nc3ccc(C)c(F)c3)c2)c2c(N)nccn12. The number of nitrogens with one attached hydrogen (secondary N) is 2. The van der Waals surface area contributed by atoms with Crippen molar-refractivity contribution in [1.29, 1.82) is 0 Å². The van der Waals surface area contributed by atoms with Gasteiger partial charge in [-0.25, -0.2) is 14.4 Å². The monoisotopic (exact) mass is 459 g/mol. The fourth-order valence-electron chi connectivity index (χ4n) is 3.50. The number of hydrogen-bond acceptors (Lipinski definition) is 6. The molecule has 0 bridgehead atoms. The summed E-state index contributed by atoms with van der Waals surface area (Å²) in [5.41, 5.74) is 8.69. The summed E-state index contributed by atoms with van der Waals surface area (Å²) in [5.74, 6) is -0.482. The summed E-state index contributed by atoms with van der Waals surface area (Å²) in [7, 11) is 0. The lowest BCUT2D eigenvalue weighted by molar-refractivity contribution is -0.117. The number of amides is 2. The Morgan fingerprint density at radius 2 is 2.06 bits per heavy atom. The molecule has 3 heterocycles. The maximum atomic E-state index is 13.8. The molecule has 1 atom stereocenters. The third-order valence-corrected chi connectivity index (χ3v) is 5.25. The Labute approximate surface area is 194 Å². The zero-order chi connectivity index (χ0) is 24.4. The molecule has 0 saturated heterocycles. The number of nitrogens with two attached hydrogens (primary N) is 1. The average Bonchev–Trinajstić information content (AvgIpc) is 3.22. The molecule has 0 aliphatic carbocycles. The zero-order valence-electron chi connectivity index (χ0n) is 18.5. The van der Waals surface area contributed by atoms with Gasteiger partial charge in [0, 0.05) is 36.0 Å². The number of halogens is 1. The number of nitrogen functional groups attached to an aromatic ring is 1. The van der Waals surface area contributed by atoms with Crippen LogP contribution < -0.4 is 16.4 Å². The molecule has 10 heteroatoms. The molecule has 4 aromatic rings. The van der Waals surface area contributed by atoms with Gasteiger partial charge in [-0.2, -0.15) is 0 Å². The van der Waals surface area contributed by atoms with E-state index in [1.165, 1.54) is 24.5 Å². The summed E-state index contributed by atoms with van der Waals surface area (Å²) in [4.78, 5) is 37.6. The van der Waals surface area contributed by atoms with E-state index in [0.717, 1.165) is 0 Å². The van der Waals surface area contributed by atoms with Crippen LogP contribution in [0.1, 0.15) is 34.7 Å². The highest BCUT2D eigenvalue weighted by Crippen LogP contribution is 2.30. The molecule has 4 rings (SSSR count). The normalized spacial score (nSPS) is 11.7. The van der Waals surface area contributed by atoms with Crippen molar-refractivity contribution >= 4 is 28.8 Å². The summed E-state index contributed by atoms with van der Waals surface area (Å²) in [6, 6.07) is 5.60. The van der Waals surface area contributed by atoms with Crippen molar-refractivity contribution in [3.05, 3.63) is 84.5 Å². The van der Waals surface area contributed by atoms with Gasteiger partial charge in [-0.15, -0.1) is 0 Å². The summed E-state index contributed by atoms with van der Waals surface area (Å²) in [6.07, 6.45) is 7.34. The minimum absolute atomic E-state index is 0.225. The minimum Gasteiger partial charge on any atom is -0.382 e. The topological polar surface area (TPSA) is 127 Å². The van der Waals surface area contributed by atoms with Crippen LogP contribution in [0.4, 0.5) is 15.9 Å². The molecule has 0 unspecified atom stereocenters. The number of pyridine rings is 1. The third kappa shape index (κ3) is 4.33. The largest absolute Gasteiger partial charge is 0.382 e. The van der Waals surface area contributed by atoms with Gasteiger partial charge >= 0.3 is 0 Å². The van der Waals surface area contributed by atoms with Gasteiger partial charge in [0.2, 0.25) is 5.91 Å². The minimum atomic E-state index is -0.468. The van der Waals surface area contributed by atoms with Crippen LogP contribution in [-0.2, 0) is 4.79 Å². The van der Waals surface area contributed by atoms with Gasteiger partial charge in [-0.1, -0.05) is 12.6 Å². The van der Waals surface area contributed by atoms with Gasteiger partial charge in [-0.05, 0) is 43.7 Å². The van der Waals surface area contributed by atoms with Crippen molar-refractivity contribution in [2.45, 2.75) is 19.9 Å². The number of imidazole rings is 1. The van der Waals surface area contributed by atoms with Gasteiger partial charge in [0.1, 0.15) is 28.7 Å². The maximum absolute atomic E-state index is 13.8. The fourth-order valence-corrected chi connectivity index (χ4v) is 3.50. The molecule has 0 fully saturated rings. The van der Waals surface area contributed by atoms with E-state index in [1.54, 1.807) is 48.8 Å². The van der Waals surface area contributed by atoms with Crippen LogP contribution in [0.25, 0.3) is 16.8 Å². The molecular formula is C24H22FN7O2. The lowest BCUT2D eigenvalue weighted by atomic mass is 10.1. The lowest BCUT2D eigenvalue weighted by Gasteiger charge is -2.11. The van der Waals surface area contributed by atoms with E-state index in [1.807, 2.05) is 0 Å². The highest BCUT2D eigenvalue weighted by molar-refractivity contribution is 6.05. The number of fused-ring (bicyclic) bond motifs is 1. The number of aromatic nitrogens is 4. The van der Waals surface area contributed by atoms with Crippen molar-refractivity contribution in [2.24, 2.45) is 0 Å². The van der Waals surface area contributed by atoms with E-state index < -0.39 is 17.8 Å². The Bertz CT molecular complexity index is 1430. The van der Waals surface area contributed by atoms with E-state index in [0.29, 0.717) is 33.8 Å². The standard InChI is InChI=1S/C24H22FN7O2/c1-4-19(33)29-14(3)23-31-20(21-22(26)28-7-8-32(21)23)15-9-16(12-27-11-15)24(34)30-17-6-5-13(2)18(25)10-17/h4-12,14H,1H2,2-3H3,(H2,26,28)(H,29,33)(H,30,34)/t14-/m0/s1. The lowest BCUT2D eigenvalue weighted by Crippen LogP contribution is -2.26. The molecule has 0 radical (unpaired) electrons. The second kappa shape index (κ2) is 9.10. The van der Waals surface area contributed by atoms with Gasteiger partial charge in [0.15, 0.2) is 0 Å². The molecule has 0 aliphatic rings. The second-order valence-corrected chi connectivity index (χ2v) is 7.66. The number of carbonyl (C=O) groups is 2. The van der Waals surface area contributed by atoms with Gasteiger partial charge in [-0.3, -0.25) is 19.0 Å². The Kier molecular flexibility index (Phi) is 6.05. The number of nitrogens with zero attached hydrogens (tertiary/aromatic N) is 4. The molecular weight excluding hydrogens is 437 g/mol. The van der Waals surface area contributed by atoms with E-state index in [-0.39, 0.29) is 17.3 Å². The summed E-state index contributed by atoms with van der Waals surface area (Å²) < 4.78 is 15.6. The van der Waals surface area contributed by atoms with Crippen LogP contribution >= 0.6 is 0 Å². The van der Waals surface area contributed by atoms with E-state index in [2.05, 4.69) is 32.2 Å². The molecule has 3 aromatic heterocycles. The summed E-state index contributed by atoms with van der Waals surface area (Å²) >= 11 is 0. The Hall–Kier alpha value is -4.60. The number of carbonyl (C=O) groups excluding carboxylic acids is 2. The number of rotatable bonds is 6. The number of anilines is 2. The van der Waals surface area contributed by atoms with Crippen LogP contribution in [-0.4, -0.2) is 31.2 Å². The summed E-state index contributed by atoms with van der Waals surface area (Å²) in [5, 5.41) is 5.44. The van der Waals surface area contributed by atoms with Crippen molar-refractivity contribution < 1.29 is 14.0 Å². The molecule has 2 amide bonds. The molecule has 0 spiro atoms. The smallest absolute Gasteiger partial charge is 0.257 e. The van der Waals surface area contributed by atoms with Crippen molar-refractivity contribution in [3.63, 3.8) is 0 Å². The first-order chi connectivity index (χ1) is 16.3. The van der Waals surface area contributed by atoms with Crippen LogP contribution in [0.3, 0.4) is 0 Å². The highest BCUT2D eigenvalue weighted by Gasteiger charge is 2.21. The van der Waals surface area contributed by atoms with Gasteiger partial charge in [0.05, 0.1) is 11.6 Å². The van der Waals surface area contributed by atoms with Crippen molar-refractivity contribution in [3.8, 4) is 11.3 Å². The van der Waals surface area contributed by atoms with Crippen LogP contribution in [0.2, 0.25) is 0 Å². The van der Waals surface area contributed by atoms with E-state index in [9.17, 15) is 14.0 Å². The second-order valence-electron chi connectivity index (χ2n) is 7.66. The number of benzene rings is 1. The third-order valence-electron chi connectivity index (χ3n) is 5.25. The van der Waals surface area contributed by atoms with Crippen LogP contribution in [0.15, 0.2) is 61.7 Å². The highest BCUT2D eigenvalue weighted by atomic mass is 19.1. The fraction of sp³-hybridized carbons (Fsp3) is 0.125. The van der Waals surface area contributed by atoms with Crippen LogP contribution in [0, 0.1) is 12.7 Å².